The normalized spacial score (nSPS) is 9.46. The number of carbonyl (C=O) groups is 2. The van der Waals surface area contributed by atoms with Crippen molar-refractivity contribution >= 4 is 12.1 Å². The average Bonchev–Trinajstić information content (AvgIpc) is 2.74. The summed E-state index contributed by atoms with van der Waals surface area (Å²) in [5, 5.41) is 0. The van der Waals surface area contributed by atoms with Crippen molar-refractivity contribution in [1.29, 1.82) is 0 Å². The summed E-state index contributed by atoms with van der Waals surface area (Å²) in [6.07, 6.45) is 10.8. The molecule has 0 saturated carbocycles. The minimum atomic E-state index is -0.0181. The van der Waals surface area contributed by atoms with Crippen molar-refractivity contribution in [2.24, 2.45) is 5.73 Å². The van der Waals surface area contributed by atoms with E-state index in [2.05, 4.69) is 15.0 Å². The summed E-state index contributed by atoms with van der Waals surface area (Å²) in [7, 11) is 0. The van der Waals surface area contributed by atoms with E-state index in [1.165, 1.54) is 0 Å². The van der Waals surface area contributed by atoms with Crippen LogP contribution in [0.4, 0.5) is 0 Å². The number of ketones is 1. The fourth-order valence-electron chi connectivity index (χ4n) is 2.39. The molecule has 0 fully saturated rings. The number of aldehydes is 1. The minimum absolute atomic E-state index is 0. The van der Waals surface area contributed by atoms with Gasteiger partial charge in [0, 0.05) is 73.6 Å². The summed E-state index contributed by atoms with van der Waals surface area (Å²) < 4.78 is 0. The molecular formula is C21H22N4O2Ru. The first-order valence-corrected chi connectivity index (χ1v) is 8.67. The van der Waals surface area contributed by atoms with Crippen molar-refractivity contribution in [2.45, 2.75) is 19.3 Å². The molecule has 28 heavy (non-hydrogen) atoms. The summed E-state index contributed by atoms with van der Waals surface area (Å²) in [4.78, 5) is 33.0. The third-order valence-electron chi connectivity index (χ3n) is 3.69. The van der Waals surface area contributed by atoms with E-state index < -0.39 is 0 Å². The SMILES string of the molecule is NCCCC(=O)CC=O.[Ru].c1cncc(-c2cccnc2-c2cccnc2)c1. The molecule has 0 amide bonds. The Hall–Kier alpha value is -2.63. The molecular weight excluding hydrogens is 441 g/mol. The van der Waals surface area contributed by atoms with E-state index in [4.69, 9.17) is 5.73 Å². The zero-order valence-electron chi connectivity index (χ0n) is 15.3. The Morgan fingerprint density at radius 3 is 2.18 bits per heavy atom. The first-order chi connectivity index (χ1) is 13.3. The number of nitrogens with two attached hydrogens (primary N) is 1. The second kappa shape index (κ2) is 13.5. The Morgan fingerprint density at radius 1 is 0.964 bits per heavy atom. The molecule has 0 bridgehead atoms. The summed E-state index contributed by atoms with van der Waals surface area (Å²) in [6, 6.07) is 11.9. The number of rotatable bonds is 7. The Balaban J connectivity index is 0.000000339. The van der Waals surface area contributed by atoms with Gasteiger partial charge in [0.05, 0.1) is 12.1 Å². The third-order valence-corrected chi connectivity index (χ3v) is 3.69. The van der Waals surface area contributed by atoms with E-state index in [9.17, 15) is 9.59 Å². The number of carbonyl (C=O) groups excluding carboxylic acids is 2. The molecule has 0 unspecified atom stereocenters. The van der Waals surface area contributed by atoms with Crippen molar-refractivity contribution in [1.82, 2.24) is 15.0 Å². The van der Waals surface area contributed by atoms with E-state index in [1.807, 2.05) is 48.8 Å². The molecule has 0 aliphatic carbocycles. The minimum Gasteiger partial charge on any atom is -0.330 e. The number of hydrogen-bond acceptors (Lipinski definition) is 6. The standard InChI is InChI=1S/C15H11N3.C6H11NO2.Ru/c1-4-12(10-16-7-1)14-6-3-9-18-15(14)13-5-2-8-17-11-13;7-4-1-2-6(9)3-5-8;/h1-11H;5H,1-4,7H2;. The second-order valence-corrected chi connectivity index (χ2v) is 5.68. The molecule has 3 heterocycles. The van der Waals surface area contributed by atoms with Crippen LogP contribution in [0, 0.1) is 0 Å². The van der Waals surface area contributed by atoms with Gasteiger partial charge in [0.1, 0.15) is 12.1 Å². The van der Waals surface area contributed by atoms with Crippen LogP contribution in [0.2, 0.25) is 0 Å². The van der Waals surface area contributed by atoms with Gasteiger partial charge in [-0.05, 0) is 37.2 Å². The topological polar surface area (TPSA) is 98.8 Å². The molecule has 0 spiro atoms. The summed E-state index contributed by atoms with van der Waals surface area (Å²) >= 11 is 0. The van der Waals surface area contributed by atoms with Crippen LogP contribution in [0.15, 0.2) is 67.4 Å². The second-order valence-electron chi connectivity index (χ2n) is 5.68. The van der Waals surface area contributed by atoms with Crippen molar-refractivity contribution < 1.29 is 29.1 Å². The quantitative estimate of drug-likeness (QED) is 0.329. The third kappa shape index (κ3) is 7.55. The molecule has 0 aromatic carbocycles. The molecule has 6 nitrogen and oxygen atoms in total. The Morgan fingerprint density at radius 2 is 1.61 bits per heavy atom. The maximum atomic E-state index is 10.5. The summed E-state index contributed by atoms with van der Waals surface area (Å²) in [6.45, 7) is 0.518. The number of Topliss-reactive ketones (excluding diaryl/α,β-unsaturated/α-hetero) is 1. The molecule has 0 radical (unpaired) electrons. The van der Waals surface area contributed by atoms with Gasteiger partial charge in [0.25, 0.3) is 0 Å². The summed E-state index contributed by atoms with van der Waals surface area (Å²) in [5.74, 6) is -0.0181. The fraction of sp³-hybridized carbons (Fsp3) is 0.190. The van der Waals surface area contributed by atoms with Crippen LogP contribution < -0.4 is 5.73 Å². The van der Waals surface area contributed by atoms with Crippen LogP contribution in [-0.4, -0.2) is 33.6 Å². The Bertz CT molecular complexity index is 787. The van der Waals surface area contributed by atoms with Crippen molar-refractivity contribution in [3.05, 3.63) is 67.4 Å². The van der Waals surface area contributed by atoms with Crippen LogP contribution >= 0.6 is 0 Å². The maximum Gasteiger partial charge on any atom is 0.140 e. The van der Waals surface area contributed by atoms with Crippen molar-refractivity contribution in [2.75, 3.05) is 6.54 Å². The van der Waals surface area contributed by atoms with Crippen LogP contribution in [0.1, 0.15) is 19.3 Å². The molecule has 0 atom stereocenters. The number of hydrogen-bond donors (Lipinski definition) is 1. The van der Waals surface area contributed by atoms with Gasteiger partial charge < -0.3 is 10.5 Å². The zero-order valence-corrected chi connectivity index (χ0v) is 17.1. The molecule has 0 aliphatic rings. The first-order valence-electron chi connectivity index (χ1n) is 8.67. The van der Waals surface area contributed by atoms with Gasteiger partial charge in [-0.1, -0.05) is 12.1 Å². The van der Waals surface area contributed by atoms with Gasteiger partial charge in [-0.25, -0.2) is 0 Å². The van der Waals surface area contributed by atoms with E-state index in [1.54, 1.807) is 18.6 Å². The molecule has 3 aromatic heterocycles. The molecule has 0 aliphatic heterocycles. The number of pyridine rings is 3. The van der Waals surface area contributed by atoms with Crippen LogP contribution in [0.3, 0.4) is 0 Å². The van der Waals surface area contributed by atoms with Gasteiger partial charge in [-0.2, -0.15) is 0 Å². The van der Waals surface area contributed by atoms with Crippen molar-refractivity contribution in [3.63, 3.8) is 0 Å². The van der Waals surface area contributed by atoms with E-state index in [0.717, 1.165) is 22.4 Å². The van der Waals surface area contributed by atoms with Gasteiger partial charge in [-0.15, -0.1) is 0 Å². The zero-order chi connectivity index (χ0) is 19.3. The molecule has 146 valence electrons. The first kappa shape index (κ1) is 23.4. The van der Waals surface area contributed by atoms with Crippen LogP contribution in [-0.2, 0) is 29.1 Å². The molecule has 3 aromatic rings. The smallest absolute Gasteiger partial charge is 0.140 e. The monoisotopic (exact) mass is 464 g/mol. The van der Waals surface area contributed by atoms with Gasteiger partial charge >= 0.3 is 0 Å². The average molecular weight is 464 g/mol. The van der Waals surface area contributed by atoms with Gasteiger partial charge in [-0.3, -0.25) is 19.7 Å². The largest absolute Gasteiger partial charge is 0.330 e. The Kier molecular flexibility index (Phi) is 11.3. The molecule has 2 N–H and O–H groups in total. The summed E-state index contributed by atoms with van der Waals surface area (Å²) in [5.41, 5.74) is 9.20. The molecule has 7 heteroatoms. The van der Waals surface area contributed by atoms with Crippen molar-refractivity contribution in [3.8, 4) is 22.4 Å². The van der Waals surface area contributed by atoms with Crippen LogP contribution in [0.5, 0.6) is 0 Å². The van der Waals surface area contributed by atoms with E-state index in [-0.39, 0.29) is 31.7 Å². The van der Waals surface area contributed by atoms with E-state index in [0.29, 0.717) is 25.7 Å². The maximum absolute atomic E-state index is 10.5. The van der Waals surface area contributed by atoms with E-state index >= 15 is 0 Å². The van der Waals surface area contributed by atoms with Gasteiger partial charge in [0.15, 0.2) is 0 Å². The number of nitrogens with zero attached hydrogens (tertiary/aromatic N) is 3. The van der Waals surface area contributed by atoms with Gasteiger partial charge in [0.2, 0.25) is 0 Å². The van der Waals surface area contributed by atoms with Crippen LogP contribution in [0.25, 0.3) is 22.4 Å². The Labute approximate surface area is 177 Å². The molecule has 0 saturated heterocycles. The fourth-order valence-corrected chi connectivity index (χ4v) is 2.39. The predicted molar refractivity (Wildman–Crippen MR) is 105 cm³/mol. The molecule has 3 rings (SSSR count). The predicted octanol–water partition coefficient (Wildman–Crippen LogP) is 3.09. The number of aromatic nitrogens is 3.